The molecule has 2 atom stereocenters. The highest BCUT2D eigenvalue weighted by Crippen LogP contribution is 2.25. The molecule has 0 aromatic heterocycles. The van der Waals surface area contributed by atoms with Crippen molar-refractivity contribution >= 4 is 11.6 Å². The molecule has 0 aliphatic carbocycles. The molecule has 3 rings (SSSR count). The van der Waals surface area contributed by atoms with E-state index in [0.29, 0.717) is 6.61 Å². The van der Waals surface area contributed by atoms with Crippen molar-refractivity contribution in [2.45, 2.75) is 26.0 Å². The Balaban J connectivity index is 1.83. The number of ether oxygens (including phenoxy) is 1. The molecule has 4 nitrogen and oxygen atoms in total. The van der Waals surface area contributed by atoms with Gasteiger partial charge in [-0.05, 0) is 31.5 Å². The highest BCUT2D eigenvalue weighted by Gasteiger charge is 2.31. The van der Waals surface area contributed by atoms with E-state index in [1.807, 2.05) is 68.4 Å². The van der Waals surface area contributed by atoms with E-state index in [2.05, 4.69) is 10.2 Å². The van der Waals surface area contributed by atoms with Gasteiger partial charge in [0.05, 0.1) is 12.7 Å². The van der Waals surface area contributed by atoms with Crippen molar-refractivity contribution in [3.8, 4) is 0 Å². The fourth-order valence-corrected chi connectivity index (χ4v) is 3.09. The van der Waals surface area contributed by atoms with Gasteiger partial charge in [0.15, 0.2) is 0 Å². The first kappa shape index (κ1) is 16.7. The number of hydrogen-bond donors (Lipinski definition) is 1. The summed E-state index contributed by atoms with van der Waals surface area (Å²) in [6.07, 6.45) is 0.136. The van der Waals surface area contributed by atoms with Gasteiger partial charge in [-0.15, -0.1) is 0 Å². The van der Waals surface area contributed by atoms with Crippen molar-refractivity contribution in [2.24, 2.45) is 0 Å². The minimum atomic E-state index is -0.307. The Morgan fingerprint density at radius 3 is 2.54 bits per heavy atom. The summed E-state index contributed by atoms with van der Waals surface area (Å²) in [5.74, 6) is -0.000784. The molecule has 1 N–H and O–H groups in total. The van der Waals surface area contributed by atoms with Crippen LogP contribution in [0.3, 0.4) is 0 Å². The molecule has 126 valence electrons. The van der Waals surface area contributed by atoms with Crippen LogP contribution in [-0.4, -0.2) is 36.6 Å². The third-order valence-corrected chi connectivity index (χ3v) is 4.32. The van der Waals surface area contributed by atoms with E-state index in [-0.39, 0.29) is 18.1 Å². The topological polar surface area (TPSA) is 41.6 Å². The van der Waals surface area contributed by atoms with Crippen LogP contribution in [0.15, 0.2) is 54.6 Å². The third-order valence-electron chi connectivity index (χ3n) is 4.32. The van der Waals surface area contributed by atoms with Crippen molar-refractivity contribution < 1.29 is 9.53 Å². The number of anilines is 1. The number of nitrogens with one attached hydrogen (secondary N) is 1. The van der Waals surface area contributed by atoms with Crippen LogP contribution in [0, 0.1) is 6.92 Å². The Morgan fingerprint density at radius 2 is 1.88 bits per heavy atom. The molecule has 24 heavy (non-hydrogen) atoms. The highest BCUT2D eigenvalue weighted by molar-refractivity contribution is 5.95. The van der Waals surface area contributed by atoms with E-state index in [4.69, 9.17) is 4.74 Å². The molecule has 0 spiro atoms. The van der Waals surface area contributed by atoms with Gasteiger partial charge in [0, 0.05) is 18.8 Å². The SMILES string of the molecule is Cc1ccc(NC(=O)C(c2ccccc2)N2CCOC(C)C2)cc1. The van der Waals surface area contributed by atoms with Crippen LogP contribution in [0.5, 0.6) is 0 Å². The molecule has 0 bridgehead atoms. The standard InChI is InChI=1S/C20H24N2O2/c1-15-8-10-18(11-9-15)21-20(23)19(17-6-4-3-5-7-17)22-12-13-24-16(2)14-22/h3-11,16,19H,12-14H2,1-2H3,(H,21,23). The second-order valence-electron chi connectivity index (χ2n) is 6.34. The fourth-order valence-electron chi connectivity index (χ4n) is 3.09. The maximum absolute atomic E-state index is 13.0. The number of aryl methyl sites for hydroxylation is 1. The lowest BCUT2D eigenvalue weighted by Gasteiger charge is -2.36. The van der Waals surface area contributed by atoms with Gasteiger partial charge in [0.2, 0.25) is 5.91 Å². The fraction of sp³-hybridized carbons (Fsp3) is 0.350. The quantitative estimate of drug-likeness (QED) is 0.937. The molecular weight excluding hydrogens is 300 g/mol. The molecule has 0 radical (unpaired) electrons. The van der Waals surface area contributed by atoms with Crippen LogP contribution in [0.4, 0.5) is 5.69 Å². The number of amides is 1. The average molecular weight is 324 g/mol. The van der Waals surface area contributed by atoms with Gasteiger partial charge in [-0.25, -0.2) is 0 Å². The first-order chi connectivity index (χ1) is 11.6. The monoisotopic (exact) mass is 324 g/mol. The van der Waals surface area contributed by atoms with Crippen molar-refractivity contribution in [3.05, 3.63) is 65.7 Å². The Hall–Kier alpha value is -2.17. The Morgan fingerprint density at radius 1 is 1.17 bits per heavy atom. The predicted molar refractivity (Wildman–Crippen MR) is 96.0 cm³/mol. The maximum atomic E-state index is 13.0. The smallest absolute Gasteiger partial charge is 0.246 e. The lowest BCUT2D eigenvalue weighted by Crippen LogP contribution is -2.46. The Labute approximate surface area is 143 Å². The zero-order valence-electron chi connectivity index (χ0n) is 14.2. The lowest BCUT2D eigenvalue weighted by atomic mass is 10.0. The van der Waals surface area contributed by atoms with Crippen LogP contribution in [-0.2, 0) is 9.53 Å². The molecule has 1 aliphatic heterocycles. The summed E-state index contributed by atoms with van der Waals surface area (Å²) in [4.78, 5) is 15.2. The number of nitrogens with zero attached hydrogens (tertiary/aromatic N) is 1. The summed E-state index contributed by atoms with van der Waals surface area (Å²) in [5, 5.41) is 3.06. The number of carbonyl (C=O) groups is 1. The summed E-state index contributed by atoms with van der Waals surface area (Å²) < 4.78 is 5.63. The zero-order valence-corrected chi connectivity index (χ0v) is 14.2. The van der Waals surface area contributed by atoms with Gasteiger partial charge in [-0.3, -0.25) is 9.69 Å². The number of benzene rings is 2. The first-order valence-corrected chi connectivity index (χ1v) is 8.41. The van der Waals surface area contributed by atoms with Crippen LogP contribution >= 0.6 is 0 Å². The minimum Gasteiger partial charge on any atom is -0.376 e. The van der Waals surface area contributed by atoms with Gasteiger partial charge in [0.25, 0.3) is 0 Å². The van der Waals surface area contributed by atoms with E-state index < -0.39 is 0 Å². The third kappa shape index (κ3) is 4.02. The average Bonchev–Trinajstić information content (AvgIpc) is 2.58. The number of rotatable bonds is 4. The molecule has 1 fully saturated rings. The molecule has 1 heterocycles. The molecule has 4 heteroatoms. The summed E-state index contributed by atoms with van der Waals surface area (Å²) in [5.41, 5.74) is 3.01. The lowest BCUT2D eigenvalue weighted by molar-refractivity contribution is -0.124. The minimum absolute atomic E-state index is 0.000784. The van der Waals surface area contributed by atoms with Gasteiger partial charge < -0.3 is 10.1 Å². The van der Waals surface area contributed by atoms with Crippen molar-refractivity contribution in [3.63, 3.8) is 0 Å². The second-order valence-corrected chi connectivity index (χ2v) is 6.34. The van der Waals surface area contributed by atoms with Gasteiger partial charge >= 0.3 is 0 Å². The number of carbonyl (C=O) groups excluding carboxylic acids is 1. The molecule has 2 unspecified atom stereocenters. The molecular formula is C20H24N2O2. The second kappa shape index (κ2) is 7.60. The van der Waals surface area contributed by atoms with E-state index in [1.54, 1.807) is 0 Å². The maximum Gasteiger partial charge on any atom is 0.246 e. The predicted octanol–water partition coefficient (Wildman–Crippen LogP) is 3.40. The van der Waals surface area contributed by atoms with E-state index in [9.17, 15) is 4.79 Å². The number of hydrogen-bond acceptors (Lipinski definition) is 3. The Kier molecular flexibility index (Phi) is 5.28. The van der Waals surface area contributed by atoms with E-state index >= 15 is 0 Å². The van der Waals surface area contributed by atoms with E-state index in [0.717, 1.165) is 24.3 Å². The summed E-state index contributed by atoms with van der Waals surface area (Å²) in [7, 11) is 0. The normalized spacial score (nSPS) is 19.7. The van der Waals surface area contributed by atoms with Gasteiger partial charge in [-0.1, -0.05) is 48.0 Å². The van der Waals surface area contributed by atoms with Crippen molar-refractivity contribution in [2.75, 3.05) is 25.0 Å². The largest absolute Gasteiger partial charge is 0.376 e. The van der Waals surface area contributed by atoms with Crippen LogP contribution in [0.2, 0.25) is 0 Å². The number of morpholine rings is 1. The van der Waals surface area contributed by atoms with Crippen molar-refractivity contribution in [1.82, 2.24) is 4.90 Å². The van der Waals surface area contributed by atoms with Gasteiger partial charge in [-0.2, -0.15) is 0 Å². The molecule has 0 saturated carbocycles. The highest BCUT2D eigenvalue weighted by atomic mass is 16.5. The first-order valence-electron chi connectivity index (χ1n) is 8.41. The van der Waals surface area contributed by atoms with Crippen LogP contribution in [0.25, 0.3) is 0 Å². The van der Waals surface area contributed by atoms with Crippen LogP contribution < -0.4 is 5.32 Å². The van der Waals surface area contributed by atoms with E-state index in [1.165, 1.54) is 5.56 Å². The zero-order chi connectivity index (χ0) is 16.9. The summed E-state index contributed by atoms with van der Waals surface area (Å²) >= 11 is 0. The molecule has 2 aromatic rings. The van der Waals surface area contributed by atoms with Crippen molar-refractivity contribution in [1.29, 1.82) is 0 Å². The summed E-state index contributed by atoms with van der Waals surface area (Å²) in [6.45, 7) is 6.24. The summed E-state index contributed by atoms with van der Waals surface area (Å²) in [6, 6.07) is 17.5. The Bertz CT molecular complexity index is 670. The molecule has 2 aromatic carbocycles. The molecule has 1 saturated heterocycles. The molecule has 1 amide bonds. The van der Waals surface area contributed by atoms with Crippen LogP contribution in [0.1, 0.15) is 24.1 Å². The molecule has 1 aliphatic rings. The van der Waals surface area contributed by atoms with Gasteiger partial charge in [0.1, 0.15) is 6.04 Å².